The van der Waals surface area contributed by atoms with Gasteiger partial charge >= 0.3 is 11.9 Å². The fraction of sp³-hybridized carbons (Fsp3) is 0.721. The SMILES string of the molecule is CC[C@@H]1OC(=O)[C@H](C)C(=O)[C@H](C)[C@@H](OC2O[C@H](C)C[C@H](N(C)C)[C@H]2O)[C@](C)(OC)C[C@@H](C)C(=O)C2(C)C[C@@]23[C@H](/C(N)=N/O[C@@H](C)c2nnc(-c4ccccn4)s2)C(=O)O[C@]13C. The van der Waals surface area contributed by atoms with E-state index in [2.05, 4.69) is 20.3 Å². The lowest BCUT2D eigenvalue weighted by molar-refractivity contribution is -0.295. The number of methoxy groups -OCH3 is 1. The number of nitrogens with zero attached hydrogens (tertiary/aromatic N) is 5. The van der Waals surface area contributed by atoms with E-state index in [4.69, 9.17) is 34.3 Å². The number of Topliss-reactive ketones (excluding diaryl/α,β-unsaturated/α-hetero) is 2. The van der Waals surface area contributed by atoms with Gasteiger partial charge in [0.1, 0.15) is 35.5 Å². The Morgan fingerprint density at radius 2 is 1.80 bits per heavy atom. The number of carbonyl (C=O) groups is 4. The summed E-state index contributed by atoms with van der Waals surface area (Å²) in [5.41, 5.74) is 1.84. The van der Waals surface area contributed by atoms with Gasteiger partial charge in [-0.15, -0.1) is 10.2 Å². The van der Waals surface area contributed by atoms with E-state index in [9.17, 15) is 19.5 Å². The molecule has 3 saturated heterocycles. The van der Waals surface area contributed by atoms with Crippen LogP contribution in [0.15, 0.2) is 29.6 Å². The van der Waals surface area contributed by atoms with Gasteiger partial charge in [0.2, 0.25) is 0 Å². The molecule has 4 aliphatic rings. The molecule has 0 radical (unpaired) electrons. The highest BCUT2D eigenvalue weighted by atomic mass is 32.1. The van der Waals surface area contributed by atoms with Gasteiger partial charge < -0.3 is 44.3 Å². The van der Waals surface area contributed by atoms with Crippen molar-refractivity contribution in [1.82, 2.24) is 20.1 Å². The first-order valence-electron chi connectivity index (χ1n) is 21.1. The second-order valence-electron chi connectivity index (χ2n) is 18.2. The van der Waals surface area contributed by atoms with Gasteiger partial charge in [-0.05, 0) is 86.5 Å². The molecule has 4 fully saturated rings. The number of aliphatic hydroxyl groups is 1. The summed E-state index contributed by atoms with van der Waals surface area (Å²) in [6, 6.07) is 5.15. The Bertz CT molecular complexity index is 2000. The Morgan fingerprint density at radius 1 is 1.10 bits per heavy atom. The molecule has 15 atom stereocenters. The first kappa shape index (κ1) is 46.6. The van der Waals surface area contributed by atoms with E-state index in [-0.39, 0.29) is 43.0 Å². The molecule has 3 N–H and O–H groups in total. The third kappa shape index (κ3) is 8.01. The second-order valence-corrected chi connectivity index (χ2v) is 19.2. The van der Waals surface area contributed by atoms with Crippen LogP contribution in [-0.2, 0) is 47.7 Å². The number of ether oxygens (including phenoxy) is 5. The van der Waals surface area contributed by atoms with Crippen LogP contribution in [0.4, 0.5) is 0 Å². The van der Waals surface area contributed by atoms with Crippen LogP contribution in [0.2, 0.25) is 0 Å². The zero-order valence-electron chi connectivity index (χ0n) is 37.2. The van der Waals surface area contributed by atoms with Crippen LogP contribution >= 0.6 is 11.3 Å². The van der Waals surface area contributed by atoms with E-state index in [1.807, 2.05) is 38.1 Å². The van der Waals surface area contributed by atoms with Crippen molar-refractivity contribution >= 4 is 40.7 Å². The average molecular weight is 871 g/mol. The maximum absolute atomic E-state index is 15.1. The minimum atomic E-state index is -1.57. The summed E-state index contributed by atoms with van der Waals surface area (Å²) >= 11 is 1.27. The lowest BCUT2D eigenvalue weighted by Crippen LogP contribution is -2.59. The van der Waals surface area contributed by atoms with Gasteiger partial charge in [-0.3, -0.25) is 24.2 Å². The standard InChI is InChI=1S/C43H62N6O11S/c1-13-28-42(9)43(29(38(54)59-42)34(44)48-60-25(6)35-46-47-36(61-35)26-16-14-15-17-45-26)20-40(43,7)32(52)21(2)19-41(8,55-12)33(23(4)30(50)24(5)37(53)57-28)58-39-31(51)27(49(10)11)18-22(3)56-39/h14-17,21-25,27-29,31,33,39,51H,13,18-20H2,1-12H3,(H2,44,48)/t21-,22-,23+,24-,25+,27+,28+,29-,31-,33-,39?,40?,41-,42-,43-/m1/s1. The number of aliphatic hydroxyl groups excluding tert-OH is 1. The van der Waals surface area contributed by atoms with E-state index in [1.54, 1.807) is 60.7 Å². The van der Waals surface area contributed by atoms with Crippen LogP contribution < -0.4 is 5.73 Å². The zero-order valence-corrected chi connectivity index (χ0v) is 38.1. The molecule has 5 heterocycles. The monoisotopic (exact) mass is 870 g/mol. The molecule has 18 heteroatoms. The van der Waals surface area contributed by atoms with Crippen molar-refractivity contribution < 1.29 is 52.8 Å². The lowest BCUT2D eigenvalue weighted by atomic mass is 9.66. The molecular weight excluding hydrogens is 809 g/mol. The quantitative estimate of drug-likeness (QED) is 0.112. The van der Waals surface area contributed by atoms with Crippen molar-refractivity contribution in [2.24, 2.45) is 45.4 Å². The van der Waals surface area contributed by atoms with E-state index in [0.29, 0.717) is 22.1 Å². The number of hydrogen-bond acceptors (Lipinski definition) is 17. The summed E-state index contributed by atoms with van der Waals surface area (Å²) in [5.74, 6) is -6.83. The fourth-order valence-corrected chi connectivity index (χ4v) is 11.2. The molecule has 6 rings (SSSR count). The molecule has 2 aromatic rings. The molecule has 1 saturated carbocycles. The van der Waals surface area contributed by atoms with Crippen molar-refractivity contribution in [2.45, 2.75) is 142 Å². The number of aromatic nitrogens is 3. The van der Waals surface area contributed by atoms with Crippen molar-refractivity contribution in [1.29, 1.82) is 0 Å². The number of hydrogen-bond donors (Lipinski definition) is 2. The Morgan fingerprint density at radius 3 is 2.43 bits per heavy atom. The van der Waals surface area contributed by atoms with Gasteiger partial charge in [0.15, 0.2) is 39.6 Å². The maximum atomic E-state index is 15.1. The molecule has 2 unspecified atom stereocenters. The van der Waals surface area contributed by atoms with Crippen molar-refractivity contribution in [3.63, 3.8) is 0 Å². The smallest absolute Gasteiger partial charge is 0.318 e. The van der Waals surface area contributed by atoms with Crippen molar-refractivity contribution in [3.8, 4) is 10.7 Å². The molecule has 0 aromatic carbocycles. The number of rotatable bonds is 10. The molecular formula is C43H62N6O11S. The number of amidine groups is 1. The average Bonchev–Trinajstić information content (AvgIpc) is 3.48. The third-order valence-corrected chi connectivity index (χ3v) is 15.1. The minimum absolute atomic E-state index is 0.0600. The van der Waals surface area contributed by atoms with Crippen molar-refractivity contribution in [3.05, 3.63) is 29.4 Å². The lowest BCUT2D eigenvalue weighted by Gasteiger charge is -2.47. The number of ketones is 2. The Labute approximate surface area is 361 Å². The first-order chi connectivity index (χ1) is 28.6. The highest BCUT2D eigenvalue weighted by molar-refractivity contribution is 7.14. The first-order valence-corrected chi connectivity index (χ1v) is 21.9. The van der Waals surface area contributed by atoms with Gasteiger partial charge in [0.25, 0.3) is 0 Å². The molecule has 3 aliphatic heterocycles. The topological polar surface area (TPSA) is 224 Å². The molecule has 2 aromatic heterocycles. The van der Waals surface area contributed by atoms with Crippen LogP contribution in [0.1, 0.15) is 99.1 Å². The molecule has 0 amide bonds. The highest BCUT2D eigenvalue weighted by Crippen LogP contribution is 2.78. The summed E-state index contributed by atoms with van der Waals surface area (Å²) in [6.07, 6.45) is -2.86. The number of carbonyl (C=O) groups excluding carboxylic acids is 4. The predicted molar refractivity (Wildman–Crippen MR) is 222 cm³/mol. The summed E-state index contributed by atoms with van der Waals surface area (Å²) in [6.45, 7) is 15.4. The Kier molecular flexibility index (Phi) is 13.2. The third-order valence-electron chi connectivity index (χ3n) is 14.0. The number of esters is 2. The van der Waals surface area contributed by atoms with E-state index >= 15 is 4.79 Å². The van der Waals surface area contributed by atoms with Gasteiger partial charge in [-0.25, -0.2) is 0 Å². The number of pyridine rings is 1. The van der Waals surface area contributed by atoms with Gasteiger partial charge in [-0.2, -0.15) is 0 Å². The predicted octanol–water partition coefficient (Wildman–Crippen LogP) is 4.27. The van der Waals surface area contributed by atoms with Gasteiger partial charge in [0.05, 0.1) is 17.8 Å². The molecule has 1 aliphatic carbocycles. The van der Waals surface area contributed by atoms with Crippen LogP contribution in [0.25, 0.3) is 10.7 Å². The van der Waals surface area contributed by atoms with Crippen molar-refractivity contribution in [2.75, 3.05) is 21.2 Å². The molecule has 17 nitrogen and oxygen atoms in total. The zero-order chi connectivity index (χ0) is 45.0. The normalized spacial score (nSPS) is 40.4. The molecule has 0 bridgehead atoms. The number of cyclic esters (lactones) is 1. The van der Waals surface area contributed by atoms with Crippen LogP contribution in [0.5, 0.6) is 0 Å². The number of oxime groups is 1. The largest absolute Gasteiger partial charge is 0.458 e. The Balaban J connectivity index is 1.37. The molecule has 1 spiro atoms. The number of nitrogens with two attached hydrogens (primary N) is 1. The van der Waals surface area contributed by atoms with Gasteiger partial charge in [0, 0.05) is 42.0 Å². The van der Waals surface area contributed by atoms with Crippen LogP contribution in [0.3, 0.4) is 0 Å². The summed E-state index contributed by atoms with van der Waals surface area (Å²) in [7, 11) is 5.18. The summed E-state index contributed by atoms with van der Waals surface area (Å²) in [4.78, 5) is 70.0. The number of likely N-dealkylation sites (N-methyl/N-ethyl adjacent to an activating group) is 1. The molecule has 336 valence electrons. The second kappa shape index (κ2) is 17.3. The minimum Gasteiger partial charge on any atom is -0.458 e. The van der Waals surface area contributed by atoms with Gasteiger partial charge in [-0.1, -0.05) is 50.3 Å². The van der Waals surface area contributed by atoms with E-state index < -0.39 is 94.1 Å². The fourth-order valence-electron chi connectivity index (χ4n) is 10.4. The van der Waals surface area contributed by atoms with E-state index in [1.165, 1.54) is 25.4 Å². The summed E-state index contributed by atoms with van der Waals surface area (Å²) < 4.78 is 31.4. The maximum Gasteiger partial charge on any atom is 0.318 e. The Hall–Kier alpha value is -3.94. The molecule has 61 heavy (non-hydrogen) atoms. The van der Waals surface area contributed by atoms with E-state index in [0.717, 1.165) is 0 Å². The highest BCUT2D eigenvalue weighted by Gasteiger charge is 2.86. The van der Waals surface area contributed by atoms with Crippen LogP contribution in [-0.4, -0.2) is 124 Å². The summed E-state index contributed by atoms with van der Waals surface area (Å²) in [5, 5.41) is 25.3. The van der Waals surface area contributed by atoms with Crippen LogP contribution in [0, 0.1) is 34.5 Å².